The van der Waals surface area contributed by atoms with Crippen LogP contribution < -0.4 is 10.1 Å². The van der Waals surface area contributed by atoms with Crippen molar-refractivity contribution in [1.82, 2.24) is 10.2 Å². The van der Waals surface area contributed by atoms with E-state index in [9.17, 15) is 14.0 Å². The molecule has 2 aliphatic heterocycles. The van der Waals surface area contributed by atoms with Gasteiger partial charge in [0.05, 0.1) is 13.2 Å². The summed E-state index contributed by atoms with van der Waals surface area (Å²) in [5, 5.41) is 2.83. The van der Waals surface area contributed by atoms with Crippen molar-refractivity contribution in [3.63, 3.8) is 0 Å². The lowest BCUT2D eigenvalue weighted by Gasteiger charge is -2.26. The van der Waals surface area contributed by atoms with Crippen LogP contribution in [0.4, 0.5) is 9.18 Å². The summed E-state index contributed by atoms with van der Waals surface area (Å²) in [6.45, 7) is 2.05. The molecule has 0 radical (unpaired) electrons. The number of fused-ring (bicyclic) bond motifs is 1. The lowest BCUT2D eigenvalue weighted by Crippen LogP contribution is -2.43. The first-order valence-electron chi connectivity index (χ1n) is 8.76. The number of halogens is 1. The molecule has 1 atom stereocenters. The summed E-state index contributed by atoms with van der Waals surface area (Å²) >= 11 is 0. The molecule has 0 bridgehead atoms. The molecule has 27 heavy (non-hydrogen) atoms. The Morgan fingerprint density at radius 1 is 1.22 bits per heavy atom. The quantitative estimate of drug-likeness (QED) is 0.840. The van der Waals surface area contributed by atoms with Crippen LogP contribution in [0.1, 0.15) is 30.0 Å². The zero-order valence-electron chi connectivity index (χ0n) is 14.8. The average Bonchev–Trinajstić information content (AvgIpc) is 2.93. The third-order valence-electron chi connectivity index (χ3n) is 5.05. The molecule has 7 heteroatoms. The van der Waals surface area contributed by atoms with Crippen molar-refractivity contribution < 1.29 is 23.5 Å². The van der Waals surface area contributed by atoms with Crippen LogP contribution in [0.25, 0.3) is 0 Å². The maximum absolute atomic E-state index is 14.0. The molecule has 140 valence electrons. The minimum Gasteiger partial charge on any atom is -0.467 e. The molecule has 4 rings (SSSR count). The fourth-order valence-electron chi connectivity index (χ4n) is 3.68. The Balaban J connectivity index is 1.69. The van der Waals surface area contributed by atoms with Gasteiger partial charge in [0, 0.05) is 11.1 Å². The fourth-order valence-corrected chi connectivity index (χ4v) is 3.68. The van der Waals surface area contributed by atoms with Crippen LogP contribution in [0.5, 0.6) is 5.75 Å². The monoisotopic (exact) mass is 370 g/mol. The van der Waals surface area contributed by atoms with Gasteiger partial charge >= 0.3 is 6.03 Å². The van der Waals surface area contributed by atoms with Crippen molar-refractivity contribution in [3.8, 4) is 5.75 Å². The number of hydrogen-bond donors (Lipinski definition) is 1. The smallest absolute Gasteiger partial charge is 0.325 e. The minimum absolute atomic E-state index is 0.0503. The number of nitrogens with zero attached hydrogens (tertiary/aromatic N) is 1. The third kappa shape index (κ3) is 2.84. The van der Waals surface area contributed by atoms with Crippen LogP contribution in [0.3, 0.4) is 0 Å². The number of carbonyl (C=O) groups is 2. The van der Waals surface area contributed by atoms with E-state index in [1.807, 2.05) is 37.3 Å². The highest BCUT2D eigenvalue weighted by atomic mass is 19.1. The number of urea groups is 1. The Morgan fingerprint density at radius 2 is 2.00 bits per heavy atom. The number of benzene rings is 2. The van der Waals surface area contributed by atoms with Crippen molar-refractivity contribution in [2.24, 2.45) is 0 Å². The summed E-state index contributed by atoms with van der Waals surface area (Å²) in [5.74, 6) is -0.349. The molecule has 3 amide bonds. The van der Waals surface area contributed by atoms with E-state index in [1.165, 1.54) is 12.1 Å². The van der Waals surface area contributed by atoms with Gasteiger partial charge in [-0.15, -0.1) is 0 Å². The predicted octanol–water partition coefficient (Wildman–Crippen LogP) is 3.05. The van der Waals surface area contributed by atoms with Gasteiger partial charge in [-0.05, 0) is 24.1 Å². The fraction of sp³-hybridized carbons (Fsp3) is 0.300. The number of amides is 3. The average molecular weight is 370 g/mol. The second-order valence-corrected chi connectivity index (χ2v) is 6.61. The summed E-state index contributed by atoms with van der Waals surface area (Å²) in [6, 6.07) is 11.3. The van der Waals surface area contributed by atoms with E-state index in [0.717, 1.165) is 10.5 Å². The second kappa shape index (κ2) is 6.66. The van der Waals surface area contributed by atoms with E-state index < -0.39 is 17.4 Å². The van der Waals surface area contributed by atoms with Crippen LogP contribution in [0, 0.1) is 5.82 Å². The highest BCUT2D eigenvalue weighted by molar-refractivity contribution is 6.07. The molecular weight excluding hydrogens is 351 g/mol. The zero-order chi connectivity index (χ0) is 19.0. The summed E-state index contributed by atoms with van der Waals surface area (Å²) in [4.78, 5) is 27.0. The standard InChI is InChI=1S/C20H19FN2O4/c1-2-20(15-6-4-3-5-7-15)18(24)23(19(25)22-20)10-13-8-16(21)9-14-11-26-12-27-17(13)14/h3-9H,2,10-12H2,1H3,(H,22,25). The van der Waals surface area contributed by atoms with Crippen molar-refractivity contribution in [3.05, 3.63) is 65.0 Å². The van der Waals surface area contributed by atoms with Gasteiger partial charge in [-0.2, -0.15) is 0 Å². The van der Waals surface area contributed by atoms with Crippen LogP contribution in [0.2, 0.25) is 0 Å². The van der Waals surface area contributed by atoms with E-state index in [4.69, 9.17) is 9.47 Å². The minimum atomic E-state index is -1.12. The van der Waals surface area contributed by atoms with E-state index in [-0.39, 0.29) is 25.9 Å². The van der Waals surface area contributed by atoms with E-state index in [1.54, 1.807) is 0 Å². The molecule has 0 saturated carbocycles. The Hall–Kier alpha value is -2.93. The first-order valence-corrected chi connectivity index (χ1v) is 8.76. The van der Waals surface area contributed by atoms with Crippen LogP contribution in [0.15, 0.2) is 42.5 Å². The summed E-state index contributed by atoms with van der Waals surface area (Å²) < 4.78 is 24.7. The SMILES string of the molecule is CCC1(c2ccccc2)NC(=O)N(Cc2cc(F)cc3c2OCOC3)C1=O. The van der Waals surface area contributed by atoms with Crippen molar-refractivity contribution in [2.45, 2.75) is 32.0 Å². The molecule has 0 aliphatic carbocycles. The van der Waals surface area contributed by atoms with Gasteiger partial charge in [0.1, 0.15) is 17.1 Å². The molecule has 2 aliphatic rings. The highest BCUT2D eigenvalue weighted by Gasteiger charge is 2.51. The number of nitrogens with one attached hydrogen (secondary N) is 1. The maximum atomic E-state index is 14.0. The van der Waals surface area contributed by atoms with Gasteiger partial charge in [-0.3, -0.25) is 9.69 Å². The van der Waals surface area contributed by atoms with E-state index >= 15 is 0 Å². The van der Waals surface area contributed by atoms with Crippen molar-refractivity contribution in [1.29, 1.82) is 0 Å². The summed E-state index contributed by atoms with van der Waals surface area (Å²) in [5.41, 5.74) is 0.611. The van der Waals surface area contributed by atoms with Gasteiger partial charge < -0.3 is 14.8 Å². The Bertz CT molecular complexity index is 902. The number of carbonyl (C=O) groups excluding carboxylic acids is 2. The molecule has 1 fully saturated rings. The second-order valence-electron chi connectivity index (χ2n) is 6.61. The maximum Gasteiger partial charge on any atom is 0.325 e. The molecule has 1 saturated heterocycles. The molecule has 2 aromatic rings. The predicted molar refractivity (Wildman–Crippen MR) is 94.2 cm³/mol. The van der Waals surface area contributed by atoms with Gasteiger partial charge in [0.25, 0.3) is 5.91 Å². The molecule has 0 spiro atoms. The van der Waals surface area contributed by atoms with Crippen LogP contribution in [-0.2, 0) is 28.2 Å². The normalized spacial score (nSPS) is 21.6. The van der Waals surface area contributed by atoms with Crippen molar-refractivity contribution in [2.75, 3.05) is 6.79 Å². The number of hydrogen-bond acceptors (Lipinski definition) is 4. The summed E-state index contributed by atoms with van der Waals surface area (Å²) in [7, 11) is 0. The molecular formula is C20H19FN2O4. The topological polar surface area (TPSA) is 67.9 Å². The molecule has 0 aromatic heterocycles. The lowest BCUT2D eigenvalue weighted by atomic mass is 9.87. The van der Waals surface area contributed by atoms with E-state index in [0.29, 0.717) is 23.3 Å². The number of ether oxygens (including phenoxy) is 2. The number of imide groups is 1. The third-order valence-corrected chi connectivity index (χ3v) is 5.05. The van der Waals surface area contributed by atoms with Gasteiger partial charge in [-0.25, -0.2) is 9.18 Å². The first-order chi connectivity index (χ1) is 13.0. The molecule has 2 aromatic carbocycles. The molecule has 1 N–H and O–H groups in total. The lowest BCUT2D eigenvalue weighted by molar-refractivity contribution is -0.132. The zero-order valence-corrected chi connectivity index (χ0v) is 14.8. The van der Waals surface area contributed by atoms with Crippen molar-refractivity contribution >= 4 is 11.9 Å². The Kier molecular flexibility index (Phi) is 4.31. The van der Waals surface area contributed by atoms with Gasteiger partial charge in [0.15, 0.2) is 6.79 Å². The van der Waals surface area contributed by atoms with E-state index in [2.05, 4.69) is 5.32 Å². The Labute approximate surface area is 155 Å². The largest absolute Gasteiger partial charge is 0.467 e. The molecule has 2 heterocycles. The molecule has 6 nitrogen and oxygen atoms in total. The number of rotatable bonds is 4. The Morgan fingerprint density at radius 3 is 2.74 bits per heavy atom. The molecule has 1 unspecified atom stereocenters. The summed E-state index contributed by atoms with van der Waals surface area (Å²) in [6.07, 6.45) is 0.406. The van der Waals surface area contributed by atoms with Gasteiger partial charge in [0.2, 0.25) is 0 Å². The van der Waals surface area contributed by atoms with Crippen LogP contribution >= 0.6 is 0 Å². The first kappa shape index (κ1) is 17.5. The van der Waals surface area contributed by atoms with Gasteiger partial charge in [-0.1, -0.05) is 37.3 Å². The highest BCUT2D eigenvalue weighted by Crippen LogP contribution is 2.35. The van der Waals surface area contributed by atoms with Crippen LogP contribution in [-0.4, -0.2) is 23.6 Å².